The van der Waals surface area contributed by atoms with Gasteiger partial charge in [0, 0.05) is 10.9 Å². The number of aliphatic hydroxyl groups excluding tert-OH is 1. The van der Waals surface area contributed by atoms with Crippen LogP contribution in [-0.4, -0.2) is 29.8 Å². The highest BCUT2D eigenvalue weighted by molar-refractivity contribution is 9.10. The highest BCUT2D eigenvalue weighted by atomic mass is 79.9. The van der Waals surface area contributed by atoms with Crippen LogP contribution in [0.4, 0.5) is 18.9 Å². The summed E-state index contributed by atoms with van der Waals surface area (Å²) in [5.74, 6) is -1.19. The summed E-state index contributed by atoms with van der Waals surface area (Å²) in [6, 6.07) is 19.5. The molecule has 1 atom stereocenters. The number of anilines is 1. The predicted octanol–water partition coefficient (Wildman–Crippen LogP) is 5.40. The lowest BCUT2D eigenvalue weighted by Gasteiger charge is -2.22. The van der Waals surface area contributed by atoms with Gasteiger partial charge >= 0.3 is 6.18 Å². The normalized spacial score (nSPS) is 13.3. The Morgan fingerprint density at radius 2 is 1.68 bits per heavy atom. The minimum Gasteiger partial charge on any atom is -0.493 e. The SMILES string of the molecule is C[C@](N)(CO)C(=O)Nc1cc(C(F)(F)F)c(OCCc2ccc(-c3ccccc3)cc2)cc1Br. The molecule has 9 heteroatoms. The molecule has 3 rings (SSSR count). The highest BCUT2D eigenvalue weighted by Crippen LogP contribution is 2.41. The van der Waals surface area contributed by atoms with E-state index >= 15 is 0 Å². The molecule has 0 fully saturated rings. The molecule has 5 nitrogen and oxygen atoms in total. The molecule has 180 valence electrons. The second-order valence-electron chi connectivity index (χ2n) is 8.02. The standard InChI is InChI=1S/C25H24BrF3N2O3/c1-24(30,15-32)23(33)31-21-13-19(25(27,28)29)22(14-20(21)26)34-12-11-16-7-9-18(10-8-16)17-5-3-2-4-6-17/h2-10,13-14,32H,11-12,15,30H2,1H3,(H,31,33)/t24-/m0/s1. The van der Waals surface area contributed by atoms with Crippen LogP contribution in [0, 0.1) is 0 Å². The van der Waals surface area contributed by atoms with Crippen molar-refractivity contribution >= 4 is 27.5 Å². The van der Waals surface area contributed by atoms with E-state index in [-0.39, 0.29) is 22.5 Å². The molecule has 3 aromatic carbocycles. The molecular weight excluding hydrogens is 513 g/mol. The molecule has 0 aliphatic carbocycles. The van der Waals surface area contributed by atoms with Crippen LogP contribution in [-0.2, 0) is 17.4 Å². The van der Waals surface area contributed by atoms with E-state index < -0.39 is 29.8 Å². The van der Waals surface area contributed by atoms with Crippen molar-refractivity contribution in [1.29, 1.82) is 0 Å². The number of nitrogens with two attached hydrogens (primary N) is 1. The molecule has 0 spiro atoms. The van der Waals surface area contributed by atoms with Gasteiger partial charge in [-0.25, -0.2) is 0 Å². The topological polar surface area (TPSA) is 84.6 Å². The lowest BCUT2D eigenvalue weighted by molar-refractivity contribution is -0.139. The van der Waals surface area contributed by atoms with Gasteiger partial charge in [-0.15, -0.1) is 0 Å². The lowest BCUT2D eigenvalue weighted by atomic mass is 10.0. The molecule has 0 radical (unpaired) electrons. The summed E-state index contributed by atoms with van der Waals surface area (Å²) in [5, 5.41) is 11.5. The van der Waals surface area contributed by atoms with Gasteiger partial charge in [-0.05, 0) is 51.7 Å². The molecule has 0 saturated carbocycles. The summed E-state index contributed by atoms with van der Waals surface area (Å²) in [6.45, 7) is 0.623. The highest BCUT2D eigenvalue weighted by Gasteiger charge is 2.36. The van der Waals surface area contributed by atoms with E-state index in [0.29, 0.717) is 6.42 Å². The van der Waals surface area contributed by atoms with Crippen molar-refractivity contribution in [3.05, 3.63) is 82.3 Å². The fraction of sp³-hybridized carbons (Fsp3) is 0.240. The maximum atomic E-state index is 13.7. The third kappa shape index (κ3) is 6.37. The first-order valence-electron chi connectivity index (χ1n) is 10.4. The van der Waals surface area contributed by atoms with Gasteiger partial charge in [0.05, 0.1) is 24.5 Å². The molecule has 4 N–H and O–H groups in total. The minimum atomic E-state index is -4.71. The Labute approximate surface area is 203 Å². The fourth-order valence-corrected chi connectivity index (χ4v) is 3.52. The predicted molar refractivity (Wildman–Crippen MR) is 129 cm³/mol. The zero-order valence-corrected chi connectivity index (χ0v) is 19.9. The first-order valence-corrected chi connectivity index (χ1v) is 11.2. The van der Waals surface area contributed by atoms with Crippen LogP contribution in [0.15, 0.2) is 71.2 Å². The number of carbonyl (C=O) groups is 1. The number of amides is 1. The molecular formula is C25H24BrF3N2O3. The first kappa shape index (κ1) is 25.7. The molecule has 1 amide bonds. The molecule has 0 saturated heterocycles. The van der Waals surface area contributed by atoms with Crippen LogP contribution < -0.4 is 15.8 Å². The van der Waals surface area contributed by atoms with Crippen molar-refractivity contribution in [2.45, 2.75) is 25.1 Å². The molecule has 0 unspecified atom stereocenters. The Bertz CT molecular complexity index is 1130. The monoisotopic (exact) mass is 536 g/mol. The van der Waals surface area contributed by atoms with E-state index in [4.69, 9.17) is 10.5 Å². The first-order chi connectivity index (χ1) is 16.0. The lowest BCUT2D eigenvalue weighted by Crippen LogP contribution is -2.51. The number of aliphatic hydroxyl groups is 1. The Balaban J connectivity index is 1.72. The molecule has 34 heavy (non-hydrogen) atoms. The Kier molecular flexibility index (Phi) is 8.01. The molecule has 0 aliphatic rings. The third-order valence-corrected chi connectivity index (χ3v) is 5.84. The van der Waals surface area contributed by atoms with E-state index in [0.717, 1.165) is 28.8 Å². The van der Waals surface area contributed by atoms with Crippen LogP contribution in [0.3, 0.4) is 0 Å². The van der Waals surface area contributed by atoms with E-state index in [2.05, 4.69) is 21.2 Å². The number of nitrogens with one attached hydrogen (secondary N) is 1. The van der Waals surface area contributed by atoms with E-state index in [1.165, 1.54) is 6.92 Å². The van der Waals surface area contributed by atoms with Gasteiger partial charge in [0.25, 0.3) is 0 Å². The summed E-state index contributed by atoms with van der Waals surface area (Å²) >= 11 is 3.17. The summed E-state index contributed by atoms with van der Waals surface area (Å²) in [7, 11) is 0. The largest absolute Gasteiger partial charge is 0.493 e. The average Bonchev–Trinajstić information content (AvgIpc) is 2.80. The van der Waals surface area contributed by atoms with Crippen molar-refractivity contribution in [2.75, 3.05) is 18.5 Å². The summed E-state index contributed by atoms with van der Waals surface area (Å²) < 4.78 is 46.7. The van der Waals surface area contributed by atoms with Gasteiger partial charge in [0.1, 0.15) is 11.3 Å². The van der Waals surface area contributed by atoms with Crippen molar-refractivity contribution in [1.82, 2.24) is 0 Å². The van der Waals surface area contributed by atoms with Crippen LogP contribution in [0.25, 0.3) is 11.1 Å². The van der Waals surface area contributed by atoms with Gasteiger partial charge in [-0.3, -0.25) is 4.79 Å². The van der Waals surface area contributed by atoms with Gasteiger partial charge in [-0.2, -0.15) is 13.2 Å². The third-order valence-electron chi connectivity index (χ3n) is 5.18. The number of hydrogen-bond acceptors (Lipinski definition) is 4. The average molecular weight is 537 g/mol. The maximum Gasteiger partial charge on any atom is 0.420 e. The smallest absolute Gasteiger partial charge is 0.420 e. The zero-order valence-electron chi connectivity index (χ0n) is 18.3. The number of rotatable bonds is 8. The molecule has 0 aliphatic heterocycles. The Hall–Kier alpha value is -2.88. The molecule has 3 aromatic rings. The van der Waals surface area contributed by atoms with Crippen LogP contribution in [0.1, 0.15) is 18.1 Å². The van der Waals surface area contributed by atoms with Crippen molar-refractivity contribution in [3.8, 4) is 16.9 Å². The Morgan fingerprint density at radius 1 is 1.06 bits per heavy atom. The van der Waals surface area contributed by atoms with Gasteiger partial charge < -0.3 is 20.9 Å². The summed E-state index contributed by atoms with van der Waals surface area (Å²) in [6.07, 6.45) is -4.31. The van der Waals surface area contributed by atoms with Crippen molar-refractivity contribution < 1.29 is 27.8 Å². The Morgan fingerprint density at radius 3 is 2.26 bits per heavy atom. The fourth-order valence-electron chi connectivity index (χ4n) is 3.10. The van der Waals surface area contributed by atoms with Crippen molar-refractivity contribution in [2.24, 2.45) is 5.73 Å². The van der Waals surface area contributed by atoms with Crippen LogP contribution >= 0.6 is 15.9 Å². The quantitative estimate of drug-likeness (QED) is 0.359. The second-order valence-corrected chi connectivity index (χ2v) is 8.87. The number of carbonyl (C=O) groups excluding carboxylic acids is 1. The maximum absolute atomic E-state index is 13.7. The van der Waals surface area contributed by atoms with Gasteiger partial charge in [-0.1, -0.05) is 54.6 Å². The van der Waals surface area contributed by atoms with Crippen molar-refractivity contribution in [3.63, 3.8) is 0 Å². The molecule has 0 heterocycles. The van der Waals surface area contributed by atoms with E-state index in [1.807, 2.05) is 54.6 Å². The van der Waals surface area contributed by atoms with Gasteiger partial charge in [0.15, 0.2) is 0 Å². The number of halogens is 4. The number of alkyl halides is 3. The van der Waals surface area contributed by atoms with Crippen LogP contribution in [0.2, 0.25) is 0 Å². The minimum absolute atomic E-state index is 0.0251. The number of hydrogen-bond donors (Lipinski definition) is 3. The van der Waals surface area contributed by atoms with E-state index in [1.54, 1.807) is 0 Å². The van der Waals surface area contributed by atoms with Crippen LogP contribution in [0.5, 0.6) is 5.75 Å². The van der Waals surface area contributed by atoms with Gasteiger partial charge in [0.2, 0.25) is 5.91 Å². The molecule has 0 aromatic heterocycles. The summed E-state index contributed by atoms with van der Waals surface area (Å²) in [4.78, 5) is 12.2. The molecule has 0 bridgehead atoms. The number of benzene rings is 3. The van der Waals surface area contributed by atoms with E-state index in [9.17, 15) is 23.1 Å². The zero-order chi connectivity index (χ0) is 24.9. The number of ether oxygens (including phenoxy) is 1. The summed E-state index contributed by atoms with van der Waals surface area (Å²) in [5.41, 5.74) is 5.87. The second kappa shape index (κ2) is 10.6.